The molecule has 2 rings (SSSR count). The average Bonchev–Trinajstić information content (AvgIpc) is 2.99. The maximum atomic E-state index is 12.6. The van der Waals surface area contributed by atoms with Crippen molar-refractivity contribution in [3.8, 4) is 0 Å². The van der Waals surface area contributed by atoms with E-state index in [1.165, 1.54) is 7.11 Å². The molecule has 2 N–H and O–H groups in total. The summed E-state index contributed by atoms with van der Waals surface area (Å²) in [6.07, 6.45) is 0.116. The molecule has 162 valence electrons. The van der Waals surface area contributed by atoms with Crippen molar-refractivity contribution in [1.29, 1.82) is 0 Å². The van der Waals surface area contributed by atoms with E-state index in [1.54, 1.807) is 21.0 Å². The Balaban J connectivity index is 2.27. The SMILES string of the molecule is CCOC(=O)c1sc2nc(CN(CCCOC)C[C@@H](O)COC)[nH]c(=O)c2c1C. The molecule has 0 fully saturated rings. The molecular weight excluding hydrogens is 398 g/mol. The highest BCUT2D eigenvalue weighted by molar-refractivity contribution is 7.20. The molecule has 0 bridgehead atoms. The predicted molar refractivity (Wildman–Crippen MR) is 111 cm³/mol. The zero-order chi connectivity index (χ0) is 21.4. The van der Waals surface area contributed by atoms with Crippen molar-refractivity contribution >= 4 is 27.5 Å². The van der Waals surface area contributed by atoms with Crippen molar-refractivity contribution in [2.45, 2.75) is 32.9 Å². The lowest BCUT2D eigenvalue weighted by atomic mass is 10.2. The minimum Gasteiger partial charge on any atom is -0.462 e. The van der Waals surface area contributed by atoms with Gasteiger partial charge in [-0.25, -0.2) is 9.78 Å². The molecule has 10 heteroatoms. The second kappa shape index (κ2) is 11.4. The van der Waals surface area contributed by atoms with Gasteiger partial charge in [-0.3, -0.25) is 9.69 Å². The number of rotatable bonds is 12. The monoisotopic (exact) mass is 427 g/mol. The number of carbonyl (C=O) groups is 1. The van der Waals surface area contributed by atoms with Gasteiger partial charge in [0.2, 0.25) is 0 Å². The Labute approximate surface area is 173 Å². The molecule has 0 unspecified atom stereocenters. The summed E-state index contributed by atoms with van der Waals surface area (Å²) in [5.41, 5.74) is 0.291. The first-order valence-corrected chi connectivity index (χ1v) is 10.3. The summed E-state index contributed by atoms with van der Waals surface area (Å²) in [6.45, 7) is 5.91. The second-order valence-corrected chi connectivity index (χ2v) is 7.66. The van der Waals surface area contributed by atoms with Crippen LogP contribution in [0.25, 0.3) is 10.2 Å². The quantitative estimate of drug-likeness (QED) is 0.385. The molecule has 0 aliphatic heterocycles. The summed E-state index contributed by atoms with van der Waals surface area (Å²) in [4.78, 5) is 35.0. The lowest BCUT2D eigenvalue weighted by Crippen LogP contribution is -2.36. The molecule has 9 nitrogen and oxygen atoms in total. The van der Waals surface area contributed by atoms with Crippen LogP contribution in [0.1, 0.15) is 34.4 Å². The summed E-state index contributed by atoms with van der Waals surface area (Å²) < 4.78 is 15.2. The first-order chi connectivity index (χ1) is 13.9. The van der Waals surface area contributed by atoms with Crippen LogP contribution in [0.4, 0.5) is 0 Å². The molecule has 29 heavy (non-hydrogen) atoms. The topological polar surface area (TPSA) is 114 Å². The minimum atomic E-state index is -0.655. The van der Waals surface area contributed by atoms with Crippen molar-refractivity contribution in [3.05, 3.63) is 26.6 Å². The number of ether oxygens (including phenoxy) is 3. The van der Waals surface area contributed by atoms with E-state index in [4.69, 9.17) is 14.2 Å². The molecule has 0 aliphatic carbocycles. The fraction of sp³-hybridized carbons (Fsp3) is 0.632. The first kappa shape index (κ1) is 23.4. The smallest absolute Gasteiger partial charge is 0.348 e. The summed E-state index contributed by atoms with van der Waals surface area (Å²) >= 11 is 1.16. The fourth-order valence-corrected chi connectivity index (χ4v) is 4.17. The van der Waals surface area contributed by atoms with Crippen LogP contribution in [0.3, 0.4) is 0 Å². The van der Waals surface area contributed by atoms with E-state index in [2.05, 4.69) is 9.97 Å². The van der Waals surface area contributed by atoms with E-state index >= 15 is 0 Å². The van der Waals surface area contributed by atoms with Gasteiger partial charge in [-0.1, -0.05) is 0 Å². The van der Waals surface area contributed by atoms with Gasteiger partial charge >= 0.3 is 5.97 Å². The van der Waals surface area contributed by atoms with Gasteiger partial charge in [-0.15, -0.1) is 11.3 Å². The van der Waals surface area contributed by atoms with Gasteiger partial charge in [0, 0.05) is 33.9 Å². The van der Waals surface area contributed by atoms with Crippen LogP contribution in [-0.4, -0.2) is 79.2 Å². The normalized spacial score (nSPS) is 12.6. The molecule has 0 radical (unpaired) electrons. The van der Waals surface area contributed by atoms with Gasteiger partial charge in [0.25, 0.3) is 5.56 Å². The van der Waals surface area contributed by atoms with Gasteiger partial charge in [-0.05, 0) is 25.8 Å². The molecule has 2 heterocycles. The van der Waals surface area contributed by atoms with Crippen molar-refractivity contribution in [2.75, 3.05) is 47.1 Å². The molecule has 2 aromatic rings. The van der Waals surface area contributed by atoms with Crippen LogP contribution in [0, 0.1) is 6.92 Å². The number of aliphatic hydroxyl groups is 1. The van der Waals surface area contributed by atoms with Gasteiger partial charge in [0.05, 0.1) is 31.2 Å². The van der Waals surface area contributed by atoms with Gasteiger partial charge in [0.1, 0.15) is 15.5 Å². The molecule has 0 aromatic carbocycles. The van der Waals surface area contributed by atoms with E-state index in [0.717, 1.165) is 17.8 Å². The minimum absolute atomic E-state index is 0.219. The fourth-order valence-electron chi connectivity index (χ4n) is 3.08. The predicted octanol–water partition coefficient (Wildman–Crippen LogP) is 1.32. The van der Waals surface area contributed by atoms with Crippen LogP contribution < -0.4 is 5.56 Å². The number of carbonyl (C=O) groups excluding carboxylic acids is 1. The summed E-state index contributed by atoms with van der Waals surface area (Å²) in [7, 11) is 3.17. The van der Waals surface area contributed by atoms with E-state index in [-0.39, 0.29) is 18.8 Å². The summed E-state index contributed by atoms with van der Waals surface area (Å²) in [6, 6.07) is 0. The summed E-state index contributed by atoms with van der Waals surface area (Å²) in [5.74, 6) is 0.0269. The van der Waals surface area contributed by atoms with Crippen LogP contribution in [0.5, 0.6) is 0 Å². The van der Waals surface area contributed by atoms with Crippen LogP contribution >= 0.6 is 11.3 Å². The number of aromatic nitrogens is 2. The molecule has 0 spiro atoms. The van der Waals surface area contributed by atoms with Crippen LogP contribution in [-0.2, 0) is 20.8 Å². The number of nitrogens with zero attached hydrogens (tertiary/aromatic N) is 2. The van der Waals surface area contributed by atoms with Crippen molar-refractivity contribution in [2.24, 2.45) is 0 Å². The largest absolute Gasteiger partial charge is 0.462 e. The number of aromatic amines is 1. The van der Waals surface area contributed by atoms with Gasteiger partial charge < -0.3 is 24.3 Å². The first-order valence-electron chi connectivity index (χ1n) is 9.48. The number of aliphatic hydroxyl groups excluding tert-OH is 1. The second-order valence-electron chi connectivity index (χ2n) is 6.66. The third-order valence-electron chi connectivity index (χ3n) is 4.33. The molecular formula is C19H29N3O6S. The zero-order valence-corrected chi connectivity index (χ0v) is 18.1. The maximum absolute atomic E-state index is 12.6. The van der Waals surface area contributed by atoms with Crippen molar-refractivity contribution in [1.82, 2.24) is 14.9 Å². The Hall–Kier alpha value is -1.85. The number of hydrogen-bond donors (Lipinski definition) is 2. The van der Waals surface area contributed by atoms with E-state index in [0.29, 0.717) is 52.7 Å². The number of H-pyrrole nitrogens is 1. The highest BCUT2D eigenvalue weighted by atomic mass is 32.1. The third-order valence-corrected chi connectivity index (χ3v) is 5.50. The van der Waals surface area contributed by atoms with Crippen molar-refractivity contribution < 1.29 is 24.1 Å². The standard InChI is InChI=1S/C19H29N3O6S/c1-5-28-19(25)16-12(2)15-17(24)20-14(21-18(15)29-16)10-22(7-6-8-26-3)9-13(23)11-27-4/h13,23H,5-11H2,1-4H3,(H,20,21,24)/t13-/m1/s1. The zero-order valence-electron chi connectivity index (χ0n) is 17.3. The average molecular weight is 428 g/mol. The molecule has 1 atom stereocenters. The van der Waals surface area contributed by atoms with Gasteiger partial charge in [0.15, 0.2) is 0 Å². The number of nitrogens with one attached hydrogen (secondary N) is 1. The Kier molecular flexibility index (Phi) is 9.18. The van der Waals surface area contributed by atoms with E-state index in [9.17, 15) is 14.7 Å². The van der Waals surface area contributed by atoms with Gasteiger partial charge in [-0.2, -0.15) is 0 Å². The lowest BCUT2D eigenvalue weighted by molar-refractivity contribution is 0.0331. The summed E-state index contributed by atoms with van der Waals surface area (Å²) in [5, 5.41) is 10.5. The molecule has 0 saturated heterocycles. The highest BCUT2D eigenvalue weighted by Crippen LogP contribution is 2.27. The van der Waals surface area contributed by atoms with Crippen molar-refractivity contribution in [3.63, 3.8) is 0 Å². The number of methoxy groups -OCH3 is 2. The number of fused-ring (bicyclic) bond motifs is 1. The van der Waals surface area contributed by atoms with E-state index < -0.39 is 12.1 Å². The third kappa shape index (κ3) is 6.31. The lowest BCUT2D eigenvalue weighted by Gasteiger charge is -2.24. The Morgan fingerprint density at radius 1 is 1.34 bits per heavy atom. The number of thiophene rings is 1. The molecule has 0 saturated carbocycles. The van der Waals surface area contributed by atoms with Crippen LogP contribution in [0.2, 0.25) is 0 Å². The Bertz CT molecular complexity index is 865. The number of hydrogen-bond acceptors (Lipinski definition) is 9. The molecule has 0 aliphatic rings. The number of esters is 1. The maximum Gasteiger partial charge on any atom is 0.348 e. The molecule has 0 amide bonds. The van der Waals surface area contributed by atoms with E-state index in [1.807, 2.05) is 4.90 Å². The Morgan fingerprint density at radius 3 is 2.76 bits per heavy atom. The molecule has 2 aromatic heterocycles. The highest BCUT2D eigenvalue weighted by Gasteiger charge is 2.21. The Morgan fingerprint density at radius 2 is 2.10 bits per heavy atom. The number of aryl methyl sites for hydroxylation is 1. The van der Waals surface area contributed by atoms with Crippen LogP contribution in [0.15, 0.2) is 4.79 Å².